The fraction of sp³-hybridized carbons (Fsp3) is 0.0952. The first kappa shape index (κ1) is 18.4. The molecule has 0 radical (unpaired) electrons. The summed E-state index contributed by atoms with van der Waals surface area (Å²) in [4.78, 5) is 0. The van der Waals surface area contributed by atoms with Crippen LogP contribution >= 0.6 is 0 Å². The van der Waals surface area contributed by atoms with Gasteiger partial charge in [0, 0.05) is 5.56 Å². The summed E-state index contributed by atoms with van der Waals surface area (Å²) in [5.41, 5.74) is 4.73. The lowest BCUT2D eigenvalue weighted by molar-refractivity contribution is 0.279. The van der Waals surface area contributed by atoms with Gasteiger partial charge in [0.15, 0.2) is 11.5 Å². The second-order valence-electron chi connectivity index (χ2n) is 5.67. The van der Waals surface area contributed by atoms with Gasteiger partial charge in [0.25, 0.3) is 0 Å². The highest BCUT2D eigenvalue weighted by Crippen LogP contribution is 2.28. The van der Waals surface area contributed by atoms with Gasteiger partial charge in [-0.3, -0.25) is 5.43 Å². The molecule has 0 atom stereocenters. The first-order valence-corrected chi connectivity index (χ1v) is 8.24. The van der Waals surface area contributed by atoms with Gasteiger partial charge in [0.1, 0.15) is 18.2 Å². The van der Waals surface area contributed by atoms with Crippen molar-refractivity contribution in [1.82, 2.24) is 0 Å². The molecule has 0 unspecified atom stereocenters. The minimum atomic E-state index is -0.313. The SMILES string of the molecule is COc1cc(/C=N/Nc2ccc(F)cc2)ccc1OCc1ccccc1F. The smallest absolute Gasteiger partial charge is 0.161 e. The molecule has 0 aliphatic rings. The van der Waals surface area contributed by atoms with Crippen LogP contribution in [0.25, 0.3) is 0 Å². The standard InChI is InChI=1S/C21H18F2N2O2/c1-26-21-12-15(13-24-25-18-9-7-17(22)8-10-18)6-11-20(21)27-14-16-4-2-3-5-19(16)23/h2-13,25H,14H2,1H3/b24-13+. The van der Waals surface area contributed by atoms with Crippen LogP contribution in [-0.2, 0) is 6.61 Å². The van der Waals surface area contributed by atoms with Gasteiger partial charge >= 0.3 is 0 Å². The average molecular weight is 368 g/mol. The van der Waals surface area contributed by atoms with E-state index >= 15 is 0 Å². The van der Waals surface area contributed by atoms with Crippen LogP contribution in [0.15, 0.2) is 71.8 Å². The number of methoxy groups -OCH3 is 1. The van der Waals surface area contributed by atoms with E-state index < -0.39 is 0 Å². The van der Waals surface area contributed by atoms with Crippen LogP contribution in [0, 0.1) is 11.6 Å². The Kier molecular flexibility index (Phi) is 5.99. The predicted molar refractivity (Wildman–Crippen MR) is 101 cm³/mol. The quantitative estimate of drug-likeness (QED) is 0.471. The molecule has 0 aliphatic heterocycles. The molecule has 0 aromatic heterocycles. The van der Waals surface area contributed by atoms with E-state index in [4.69, 9.17) is 9.47 Å². The van der Waals surface area contributed by atoms with Crippen LogP contribution < -0.4 is 14.9 Å². The molecular formula is C21H18F2N2O2. The molecule has 0 heterocycles. The Labute approximate surface area is 156 Å². The molecule has 3 aromatic carbocycles. The third-order valence-electron chi connectivity index (χ3n) is 3.78. The van der Waals surface area contributed by atoms with Gasteiger partial charge in [-0.2, -0.15) is 5.10 Å². The molecule has 0 fully saturated rings. The van der Waals surface area contributed by atoms with Crippen LogP contribution in [0.1, 0.15) is 11.1 Å². The fourth-order valence-corrected chi connectivity index (χ4v) is 2.36. The zero-order chi connectivity index (χ0) is 19.1. The number of nitrogens with one attached hydrogen (secondary N) is 1. The summed E-state index contributed by atoms with van der Waals surface area (Å²) in [5.74, 6) is 0.397. The molecule has 3 aromatic rings. The molecule has 0 spiro atoms. The molecule has 0 bridgehead atoms. The summed E-state index contributed by atoms with van der Waals surface area (Å²) in [6.45, 7) is 0.0998. The van der Waals surface area contributed by atoms with Crippen molar-refractivity contribution >= 4 is 11.9 Å². The van der Waals surface area contributed by atoms with E-state index in [1.54, 1.807) is 54.7 Å². The minimum Gasteiger partial charge on any atom is -0.493 e. The molecule has 6 heteroatoms. The molecule has 0 amide bonds. The third kappa shape index (κ3) is 5.04. The molecule has 138 valence electrons. The van der Waals surface area contributed by atoms with Crippen molar-refractivity contribution in [3.05, 3.63) is 89.5 Å². The van der Waals surface area contributed by atoms with Gasteiger partial charge in [-0.05, 0) is 54.1 Å². The van der Waals surface area contributed by atoms with Crippen LogP contribution in [-0.4, -0.2) is 13.3 Å². The highest BCUT2D eigenvalue weighted by molar-refractivity contribution is 5.81. The van der Waals surface area contributed by atoms with E-state index in [-0.39, 0.29) is 18.2 Å². The molecular weight excluding hydrogens is 350 g/mol. The second-order valence-corrected chi connectivity index (χ2v) is 5.67. The van der Waals surface area contributed by atoms with Crippen molar-refractivity contribution in [3.8, 4) is 11.5 Å². The third-order valence-corrected chi connectivity index (χ3v) is 3.78. The van der Waals surface area contributed by atoms with Crippen molar-refractivity contribution in [2.24, 2.45) is 5.10 Å². The van der Waals surface area contributed by atoms with Gasteiger partial charge < -0.3 is 9.47 Å². The lowest BCUT2D eigenvalue weighted by Gasteiger charge is -2.11. The average Bonchev–Trinajstić information content (AvgIpc) is 2.69. The maximum absolute atomic E-state index is 13.7. The van der Waals surface area contributed by atoms with E-state index in [1.165, 1.54) is 25.3 Å². The second kappa shape index (κ2) is 8.80. The Bertz CT molecular complexity index is 928. The molecule has 27 heavy (non-hydrogen) atoms. The normalized spacial score (nSPS) is 10.8. The summed E-state index contributed by atoms with van der Waals surface area (Å²) in [6, 6.07) is 17.6. The number of hydrazone groups is 1. The first-order valence-electron chi connectivity index (χ1n) is 8.24. The summed E-state index contributed by atoms with van der Waals surface area (Å²) in [6.07, 6.45) is 1.60. The topological polar surface area (TPSA) is 42.8 Å². The number of rotatable bonds is 7. The monoisotopic (exact) mass is 368 g/mol. The van der Waals surface area contributed by atoms with Gasteiger partial charge in [0.2, 0.25) is 0 Å². The summed E-state index contributed by atoms with van der Waals surface area (Å²) in [7, 11) is 1.53. The zero-order valence-corrected chi connectivity index (χ0v) is 14.7. The number of halogens is 2. The van der Waals surface area contributed by atoms with Crippen LogP contribution in [0.5, 0.6) is 11.5 Å². The number of benzene rings is 3. The number of ether oxygens (including phenoxy) is 2. The summed E-state index contributed by atoms with van der Waals surface area (Å²) < 4.78 is 37.6. The van der Waals surface area contributed by atoms with Crippen molar-refractivity contribution in [2.75, 3.05) is 12.5 Å². The first-order chi connectivity index (χ1) is 13.2. The van der Waals surface area contributed by atoms with Crippen molar-refractivity contribution in [2.45, 2.75) is 6.61 Å². The zero-order valence-electron chi connectivity index (χ0n) is 14.7. The predicted octanol–water partition coefficient (Wildman–Crippen LogP) is 5.00. The Hall–Kier alpha value is -3.41. The minimum absolute atomic E-state index is 0.0998. The number of nitrogens with zero attached hydrogens (tertiary/aromatic N) is 1. The Morgan fingerprint density at radius 1 is 0.963 bits per heavy atom. The van der Waals surface area contributed by atoms with Crippen LogP contribution in [0.4, 0.5) is 14.5 Å². The van der Waals surface area contributed by atoms with E-state index in [1.807, 2.05) is 0 Å². The number of hydrogen-bond acceptors (Lipinski definition) is 4. The molecule has 1 N–H and O–H groups in total. The van der Waals surface area contributed by atoms with Gasteiger partial charge in [-0.1, -0.05) is 18.2 Å². The number of anilines is 1. The molecule has 0 saturated heterocycles. The largest absolute Gasteiger partial charge is 0.493 e. The van der Waals surface area contributed by atoms with Crippen LogP contribution in [0.3, 0.4) is 0 Å². The molecule has 3 rings (SSSR count). The van der Waals surface area contributed by atoms with Crippen LogP contribution in [0.2, 0.25) is 0 Å². The fourth-order valence-electron chi connectivity index (χ4n) is 2.36. The van der Waals surface area contributed by atoms with E-state index in [0.29, 0.717) is 22.7 Å². The van der Waals surface area contributed by atoms with Gasteiger partial charge in [0.05, 0.1) is 19.0 Å². The maximum atomic E-state index is 13.7. The lowest BCUT2D eigenvalue weighted by Crippen LogP contribution is -2.00. The van der Waals surface area contributed by atoms with E-state index in [2.05, 4.69) is 10.5 Å². The molecule has 0 saturated carbocycles. The Morgan fingerprint density at radius 2 is 1.74 bits per heavy atom. The van der Waals surface area contributed by atoms with Crippen molar-refractivity contribution in [3.63, 3.8) is 0 Å². The summed E-state index contributed by atoms with van der Waals surface area (Å²) in [5, 5.41) is 4.11. The molecule has 0 aliphatic carbocycles. The highest BCUT2D eigenvalue weighted by Gasteiger charge is 2.07. The van der Waals surface area contributed by atoms with Crippen molar-refractivity contribution in [1.29, 1.82) is 0 Å². The van der Waals surface area contributed by atoms with Crippen molar-refractivity contribution < 1.29 is 18.3 Å². The number of hydrogen-bond donors (Lipinski definition) is 1. The maximum Gasteiger partial charge on any atom is 0.161 e. The van der Waals surface area contributed by atoms with Gasteiger partial charge in [-0.15, -0.1) is 0 Å². The molecule has 4 nitrogen and oxygen atoms in total. The Morgan fingerprint density at radius 3 is 2.48 bits per heavy atom. The lowest BCUT2D eigenvalue weighted by atomic mass is 10.2. The highest BCUT2D eigenvalue weighted by atomic mass is 19.1. The van der Waals surface area contributed by atoms with E-state index in [0.717, 1.165) is 5.56 Å². The summed E-state index contributed by atoms with van der Waals surface area (Å²) >= 11 is 0. The van der Waals surface area contributed by atoms with Gasteiger partial charge in [-0.25, -0.2) is 8.78 Å². The Balaban J connectivity index is 1.65. The van der Waals surface area contributed by atoms with E-state index in [9.17, 15) is 8.78 Å².